The molecule has 0 aromatic carbocycles. The average molecular weight is 310 g/mol. The molecule has 1 saturated carbocycles. The molecule has 0 amide bonds. The molecule has 2 aromatic rings. The molecule has 2 aliphatic rings. The summed E-state index contributed by atoms with van der Waals surface area (Å²) in [4.78, 5) is 11.4. The van der Waals surface area contributed by atoms with Crippen molar-refractivity contribution in [3.05, 3.63) is 48.4 Å². The lowest BCUT2D eigenvalue weighted by molar-refractivity contribution is -0.0333. The Labute approximate surface area is 136 Å². The SMILES string of the molecule is c1ccc(Nc2ccc([C@H]3CN(CC4CC4)CCO3)nc2)nc1. The number of ether oxygens (including phenoxy) is 1. The fourth-order valence-corrected chi connectivity index (χ4v) is 2.97. The van der Waals surface area contributed by atoms with Crippen LogP contribution in [-0.2, 0) is 4.74 Å². The van der Waals surface area contributed by atoms with Gasteiger partial charge in [-0.3, -0.25) is 9.88 Å². The first-order valence-electron chi connectivity index (χ1n) is 8.35. The molecular formula is C18H22N4O. The number of hydrogen-bond donors (Lipinski definition) is 1. The minimum Gasteiger partial charge on any atom is -0.369 e. The Morgan fingerprint density at radius 1 is 1.17 bits per heavy atom. The van der Waals surface area contributed by atoms with Crippen molar-refractivity contribution in [2.24, 2.45) is 5.92 Å². The zero-order valence-electron chi connectivity index (χ0n) is 13.2. The summed E-state index contributed by atoms with van der Waals surface area (Å²) in [6.07, 6.45) is 6.51. The molecule has 120 valence electrons. The molecule has 23 heavy (non-hydrogen) atoms. The van der Waals surface area contributed by atoms with Crippen LogP contribution in [-0.4, -0.2) is 41.1 Å². The topological polar surface area (TPSA) is 50.3 Å². The summed E-state index contributed by atoms with van der Waals surface area (Å²) in [5, 5.41) is 3.25. The molecule has 1 aliphatic heterocycles. The van der Waals surface area contributed by atoms with Crippen molar-refractivity contribution in [1.82, 2.24) is 14.9 Å². The number of rotatable bonds is 5. The monoisotopic (exact) mass is 310 g/mol. The molecule has 0 bridgehead atoms. The molecule has 5 nitrogen and oxygen atoms in total. The van der Waals surface area contributed by atoms with Gasteiger partial charge >= 0.3 is 0 Å². The van der Waals surface area contributed by atoms with Crippen LogP contribution >= 0.6 is 0 Å². The molecule has 4 rings (SSSR count). The zero-order chi connectivity index (χ0) is 15.5. The second-order valence-electron chi connectivity index (χ2n) is 6.37. The lowest BCUT2D eigenvalue weighted by Crippen LogP contribution is -2.39. The van der Waals surface area contributed by atoms with Crippen LogP contribution in [0.25, 0.3) is 0 Å². The van der Waals surface area contributed by atoms with Gasteiger partial charge in [-0.2, -0.15) is 0 Å². The fourth-order valence-electron chi connectivity index (χ4n) is 2.97. The number of nitrogens with one attached hydrogen (secondary N) is 1. The van der Waals surface area contributed by atoms with E-state index in [1.807, 2.05) is 30.5 Å². The van der Waals surface area contributed by atoms with Crippen molar-refractivity contribution in [2.75, 3.05) is 31.6 Å². The van der Waals surface area contributed by atoms with E-state index in [1.54, 1.807) is 6.20 Å². The highest BCUT2D eigenvalue weighted by atomic mass is 16.5. The molecule has 0 spiro atoms. The predicted octanol–water partition coefficient (Wildman–Crippen LogP) is 3.00. The quantitative estimate of drug-likeness (QED) is 0.920. The number of morpholine rings is 1. The van der Waals surface area contributed by atoms with E-state index in [9.17, 15) is 0 Å². The summed E-state index contributed by atoms with van der Waals surface area (Å²) < 4.78 is 5.92. The van der Waals surface area contributed by atoms with Gasteiger partial charge in [0, 0.05) is 25.8 Å². The van der Waals surface area contributed by atoms with Gasteiger partial charge in [0.1, 0.15) is 11.9 Å². The average Bonchev–Trinajstić information content (AvgIpc) is 3.41. The molecule has 1 atom stereocenters. The Kier molecular flexibility index (Phi) is 4.22. The van der Waals surface area contributed by atoms with E-state index < -0.39 is 0 Å². The van der Waals surface area contributed by atoms with Gasteiger partial charge in [0.2, 0.25) is 0 Å². The summed E-state index contributed by atoms with van der Waals surface area (Å²) in [7, 11) is 0. The standard InChI is InChI=1S/C18H22N4O/c1-2-8-19-18(3-1)21-15-6-7-16(20-11-15)17-13-22(9-10-23-17)12-14-4-5-14/h1-3,6-8,11,14,17H,4-5,9-10,12-13H2,(H,19,21)/t17-/m1/s1. The van der Waals surface area contributed by atoms with Gasteiger partial charge in [0.25, 0.3) is 0 Å². The smallest absolute Gasteiger partial charge is 0.130 e. The van der Waals surface area contributed by atoms with Gasteiger partial charge in [-0.15, -0.1) is 0 Å². The molecule has 1 aliphatic carbocycles. The van der Waals surface area contributed by atoms with E-state index in [2.05, 4.69) is 26.3 Å². The molecule has 2 aromatic heterocycles. The summed E-state index contributed by atoms with van der Waals surface area (Å²) in [6, 6.07) is 9.90. The Bertz CT molecular complexity index is 627. The number of aromatic nitrogens is 2. The Morgan fingerprint density at radius 3 is 2.87 bits per heavy atom. The largest absolute Gasteiger partial charge is 0.369 e. The molecule has 1 saturated heterocycles. The zero-order valence-corrected chi connectivity index (χ0v) is 13.2. The molecule has 5 heteroatoms. The predicted molar refractivity (Wildman–Crippen MR) is 89.6 cm³/mol. The van der Waals surface area contributed by atoms with Gasteiger partial charge in [0.15, 0.2) is 0 Å². The summed E-state index contributed by atoms with van der Waals surface area (Å²) in [6.45, 7) is 4.02. The fraction of sp³-hybridized carbons (Fsp3) is 0.444. The van der Waals surface area contributed by atoms with Crippen LogP contribution < -0.4 is 5.32 Å². The Hall–Kier alpha value is -1.98. The van der Waals surface area contributed by atoms with Crippen LogP contribution in [0.1, 0.15) is 24.6 Å². The van der Waals surface area contributed by atoms with Gasteiger partial charge in [-0.25, -0.2) is 4.98 Å². The number of hydrogen-bond acceptors (Lipinski definition) is 5. The van der Waals surface area contributed by atoms with E-state index in [0.717, 1.165) is 42.8 Å². The van der Waals surface area contributed by atoms with E-state index >= 15 is 0 Å². The van der Waals surface area contributed by atoms with E-state index in [4.69, 9.17) is 4.74 Å². The van der Waals surface area contributed by atoms with Crippen LogP contribution in [0, 0.1) is 5.92 Å². The minimum atomic E-state index is 0.0893. The highest BCUT2D eigenvalue weighted by Crippen LogP contribution is 2.31. The van der Waals surface area contributed by atoms with Crippen molar-refractivity contribution >= 4 is 11.5 Å². The maximum Gasteiger partial charge on any atom is 0.130 e. The van der Waals surface area contributed by atoms with Crippen LogP contribution in [0.3, 0.4) is 0 Å². The van der Waals surface area contributed by atoms with Crippen LogP contribution in [0.4, 0.5) is 11.5 Å². The first-order chi connectivity index (χ1) is 11.4. The number of anilines is 2. The molecular weight excluding hydrogens is 288 g/mol. The van der Waals surface area contributed by atoms with Crippen molar-refractivity contribution in [3.63, 3.8) is 0 Å². The van der Waals surface area contributed by atoms with Crippen LogP contribution in [0.2, 0.25) is 0 Å². The first-order valence-corrected chi connectivity index (χ1v) is 8.35. The van der Waals surface area contributed by atoms with Crippen molar-refractivity contribution < 1.29 is 4.74 Å². The summed E-state index contributed by atoms with van der Waals surface area (Å²) >= 11 is 0. The summed E-state index contributed by atoms with van der Waals surface area (Å²) in [5.41, 5.74) is 1.95. The van der Waals surface area contributed by atoms with Gasteiger partial charge in [-0.1, -0.05) is 6.07 Å². The number of pyridine rings is 2. The molecule has 0 radical (unpaired) electrons. The normalized spacial score (nSPS) is 22.0. The molecule has 2 fully saturated rings. The highest BCUT2D eigenvalue weighted by Gasteiger charge is 2.28. The first kappa shape index (κ1) is 14.6. The second-order valence-corrected chi connectivity index (χ2v) is 6.37. The summed E-state index contributed by atoms with van der Waals surface area (Å²) in [5.74, 6) is 1.75. The number of nitrogens with zero attached hydrogens (tertiary/aromatic N) is 3. The molecule has 0 unspecified atom stereocenters. The lowest BCUT2D eigenvalue weighted by atomic mass is 10.1. The minimum absolute atomic E-state index is 0.0893. The third kappa shape index (κ3) is 3.86. The maximum absolute atomic E-state index is 5.92. The van der Waals surface area contributed by atoms with Crippen molar-refractivity contribution in [1.29, 1.82) is 0 Å². The van der Waals surface area contributed by atoms with Gasteiger partial charge < -0.3 is 10.1 Å². The van der Waals surface area contributed by atoms with Gasteiger partial charge in [0.05, 0.1) is 24.2 Å². The Morgan fingerprint density at radius 2 is 2.13 bits per heavy atom. The van der Waals surface area contributed by atoms with Crippen molar-refractivity contribution in [2.45, 2.75) is 18.9 Å². The second kappa shape index (κ2) is 6.64. The van der Waals surface area contributed by atoms with E-state index in [1.165, 1.54) is 19.4 Å². The highest BCUT2D eigenvalue weighted by molar-refractivity contribution is 5.54. The van der Waals surface area contributed by atoms with Crippen LogP contribution in [0.5, 0.6) is 0 Å². The molecule has 1 N–H and O–H groups in total. The van der Waals surface area contributed by atoms with Crippen LogP contribution in [0.15, 0.2) is 42.7 Å². The maximum atomic E-state index is 5.92. The lowest BCUT2D eigenvalue weighted by Gasteiger charge is -2.32. The third-order valence-electron chi connectivity index (χ3n) is 4.42. The van der Waals surface area contributed by atoms with Gasteiger partial charge in [-0.05, 0) is 43.0 Å². The Balaban J connectivity index is 1.39. The van der Waals surface area contributed by atoms with E-state index in [0.29, 0.717) is 0 Å². The van der Waals surface area contributed by atoms with Crippen molar-refractivity contribution in [3.8, 4) is 0 Å². The third-order valence-corrected chi connectivity index (χ3v) is 4.42. The molecule has 3 heterocycles. The van der Waals surface area contributed by atoms with E-state index in [-0.39, 0.29) is 6.10 Å².